The molecular weight excluding hydrogens is 367 g/mol. The van der Waals surface area contributed by atoms with Crippen LogP contribution in [0.25, 0.3) is 11.0 Å². The minimum Gasteiger partial charge on any atom is -0.353 e. The Hall–Kier alpha value is -2.61. The molecule has 0 aliphatic carbocycles. The first-order chi connectivity index (χ1) is 12.9. The molecule has 2 heterocycles. The molecule has 8 heteroatoms. The molecule has 0 aliphatic heterocycles. The predicted molar refractivity (Wildman–Crippen MR) is 106 cm³/mol. The summed E-state index contributed by atoms with van der Waals surface area (Å²) in [6.45, 7) is 5.81. The number of aryl methyl sites for hydroxylation is 1. The van der Waals surface area contributed by atoms with Crippen molar-refractivity contribution in [2.75, 3.05) is 11.1 Å². The Kier molecular flexibility index (Phi) is 5.65. The standard InChI is InChI=1S/C19H21FN4O2S/c1-4-12(3)24-18(26)17-15(8-11(2)21-17)23-19(24)27-10-16(25)22-14-7-5-6-13(20)9-14/h5-9,12,21H,4,10H2,1-3H3,(H,22,25)/t12-/m1/s1. The van der Waals surface area contributed by atoms with Crippen LogP contribution in [-0.4, -0.2) is 26.2 Å². The molecule has 3 rings (SSSR count). The highest BCUT2D eigenvalue weighted by atomic mass is 32.2. The monoisotopic (exact) mass is 388 g/mol. The first-order valence-electron chi connectivity index (χ1n) is 8.69. The Labute approximate surface area is 160 Å². The quantitative estimate of drug-likeness (QED) is 0.496. The number of thioether (sulfide) groups is 1. The molecule has 3 aromatic rings. The van der Waals surface area contributed by atoms with E-state index in [4.69, 9.17) is 0 Å². The lowest BCUT2D eigenvalue weighted by atomic mass is 10.2. The summed E-state index contributed by atoms with van der Waals surface area (Å²) in [6, 6.07) is 7.48. The van der Waals surface area contributed by atoms with Gasteiger partial charge in [0.1, 0.15) is 11.3 Å². The number of hydrogen-bond acceptors (Lipinski definition) is 4. The van der Waals surface area contributed by atoms with Gasteiger partial charge in [-0.25, -0.2) is 9.37 Å². The number of carbonyl (C=O) groups is 1. The van der Waals surface area contributed by atoms with Crippen LogP contribution in [0.5, 0.6) is 0 Å². The van der Waals surface area contributed by atoms with E-state index in [1.165, 1.54) is 30.0 Å². The van der Waals surface area contributed by atoms with E-state index in [1.807, 2.05) is 26.8 Å². The van der Waals surface area contributed by atoms with Crippen molar-refractivity contribution < 1.29 is 9.18 Å². The third kappa shape index (κ3) is 4.21. The van der Waals surface area contributed by atoms with Gasteiger partial charge in [-0.2, -0.15) is 0 Å². The van der Waals surface area contributed by atoms with Crippen LogP contribution in [0.2, 0.25) is 0 Å². The minimum atomic E-state index is -0.416. The maximum Gasteiger partial charge on any atom is 0.278 e. The number of aromatic amines is 1. The molecule has 0 radical (unpaired) electrons. The number of benzene rings is 1. The van der Waals surface area contributed by atoms with Gasteiger partial charge in [-0.05, 0) is 44.5 Å². The van der Waals surface area contributed by atoms with Crippen molar-refractivity contribution in [2.24, 2.45) is 0 Å². The third-order valence-corrected chi connectivity index (χ3v) is 5.21. The molecule has 2 aromatic heterocycles. The van der Waals surface area contributed by atoms with Crippen molar-refractivity contribution in [3.05, 3.63) is 52.2 Å². The second-order valence-electron chi connectivity index (χ2n) is 6.39. The summed E-state index contributed by atoms with van der Waals surface area (Å²) < 4.78 is 14.9. The minimum absolute atomic E-state index is 0.0493. The third-order valence-electron chi connectivity index (χ3n) is 4.26. The van der Waals surface area contributed by atoms with Gasteiger partial charge in [0, 0.05) is 17.4 Å². The van der Waals surface area contributed by atoms with Crippen molar-refractivity contribution in [1.82, 2.24) is 14.5 Å². The van der Waals surface area contributed by atoms with Crippen LogP contribution in [0, 0.1) is 12.7 Å². The normalized spacial score (nSPS) is 12.3. The number of rotatable bonds is 6. The molecule has 0 unspecified atom stereocenters. The smallest absolute Gasteiger partial charge is 0.278 e. The molecule has 0 bridgehead atoms. The van der Waals surface area contributed by atoms with Gasteiger partial charge in [-0.1, -0.05) is 24.8 Å². The maximum absolute atomic E-state index is 13.2. The first-order valence-corrected chi connectivity index (χ1v) is 9.67. The largest absolute Gasteiger partial charge is 0.353 e. The summed E-state index contributed by atoms with van der Waals surface area (Å²) in [5, 5.41) is 3.15. The second-order valence-corrected chi connectivity index (χ2v) is 7.33. The predicted octanol–water partition coefficient (Wildman–Crippen LogP) is 3.87. The molecule has 0 saturated heterocycles. The van der Waals surface area contributed by atoms with Gasteiger partial charge in [-0.3, -0.25) is 14.2 Å². The number of carbonyl (C=O) groups excluding carboxylic acids is 1. The molecular formula is C19H21FN4O2S. The topological polar surface area (TPSA) is 79.8 Å². The SMILES string of the molecule is CC[C@@H](C)n1c(SCC(=O)Nc2cccc(F)c2)nc2cc(C)[nH]c2c1=O. The number of aromatic nitrogens is 3. The van der Waals surface area contributed by atoms with Gasteiger partial charge in [0.25, 0.3) is 5.56 Å². The Balaban J connectivity index is 1.85. The molecule has 0 aliphatic rings. The zero-order valence-corrected chi connectivity index (χ0v) is 16.2. The van der Waals surface area contributed by atoms with E-state index in [-0.39, 0.29) is 23.3 Å². The maximum atomic E-state index is 13.2. The summed E-state index contributed by atoms with van der Waals surface area (Å²) in [5.41, 5.74) is 2.17. The lowest BCUT2D eigenvalue weighted by Gasteiger charge is -2.17. The van der Waals surface area contributed by atoms with Crippen LogP contribution in [0.1, 0.15) is 32.0 Å². The van der Waals surface area contributed by atoms with Crippen LogP contribution in [0.15, 0.2) is 40.3 Å². The number of nitrogens with one attached hydrogen (secondary N) is 2. The number of fused-ring (bicyclic) bond motifs is 1. The molecule has 1 amide bonds. The molecule has 1 aromatic carbocycles. The highest BCUT2D eigenvalue weighted by Crippen LogP contribution is 2.23. The van der Waals surface area contributed by atoms with Crippen LogP contribution in [0.4, 0.5) is 10.1 Å². The number of halogens is 1. The van der Waals surface area contributed by atoms with E-state index >= 15 is 0 Å². The summed E-state index contributed by atoms with van der Waals surface area (Å²) in [7, 11) is 0. The lowest BCUT2D eigenvalue weighted by Crippen LogP contribution is -2.26. The summed E-state index contributed by atoms with van der Waals surface area (Å²) >= 11 is 1.19. The highest BCUT2D eigenvalue weighted by molar-refractivity contribution is 7.99. The van der Waals surface area contributed by atoms with E-state index in [0.29, 0.717) is 21.9 Å². The fraction of sp³-hybridized carbons (Fsp3) is 0.316. The highest BCUT2D eigenvalue weighted by Gasteiger charge is 2.18. The zero-order valence-electron chi connectivity index (χ0n) is 15.4. The molecule has 0 fully saturated rings. The molecule has 2 N–H and O–H groups in total. The van der Waals surface area contributed by atoms with Crippen molar-refractivity contribution in [3.63, 3.8) is 0 Å². The van der Waals surface area contributed by atoms with Crippen LogP contribution in [0.3, 0.4) is 0 Å². The van der Waals surface area contributed by atoms with Crippen LogP contribution < -0.4 is 10.9 Å². The second kappa shape index (κ2) is 7.96. The van der Waals surface area contributed by atoms with Crippen molar-refractivity contribution in [3.8, 4) is 0 Å². The Morgan fingerprint density at radius 2 is 2.19 bits per heavy atom. The summed E-state index contributed by atoms with van der Waals surface area (Å²) in [5.74, 6) is -0.643. The Morgan fingerprint density at radius 3 is 2.89 bits per heavy atom. The molecule has 6 nitrogen and oxygen atoms in total. The number of hydrogen-bond donors (Lipinski definition) is 2. The van der Waals surface area contributed by atoms with E-state index < -0.39 is 5.82 Å². The zero-order chi connectivity index (χ0) is 19.6. The van der Waals surface area contributed by atoms with E-state index in [0.717, 1.165) is 12.1 Å². The van der Waals surface area contributed by atoms with Gasteiger partial charge >= 0.3 is 0 Å². The average Bonchev–Trinajstić information content (AvgIpc) is 3.00. The Morgan fingerprint density at radius 1 is 1.41 bits per heavy atom. The number of amides is 1. The van der Waals surface area contributed by atoms with Gasteiger partial charge in [0.05, 0.1) is 11.3 Å². The molecule has 0 spiro atoms. The van der Waals surface area contributed by atoms with E-state index in [2.05, 4.69) is 15.3 Å². The van der Waals surface area contributed by atoms with Crippen LogP contribution in [-0.2, 0) is 4.79 Å². The van der Waals surface area contributed by atoms with E-state index in [1.54, 1.807) is 10.6 Å². The number of anilines is 1. The summed E-state index contributed by atoms with van der Waals surface area (Å²) in [6.07, 6.45) is 0.760. The van der Waals surface area contributed by atoms with Crippen LogP contribution >= 0.6 is 11.8 Å². The van der Waals surface area contributed by atoms with Gasteiger partial charge in [0.2, 0.25) is 5.91 Å². The lowest BCUT2D eigenvalue weighted by molar-refractivity contribution is -0.113. The first kappa shape index (κ1) is 19.2. The van der Waals surface area contributed by atoms with Gasteiger partial charge < -0.3 is 10.3 Å². The Bertz CT molecular complexity index is 1040. The summed E-state index contributed by atoms with van der Waals surface area (Å²) in [4.78, 5) is 32.7. The van der Waals surface area contributed by atoms with Crippen molar-refractivity contribution in [1.29, 1.82) is 0 Å². The van der Waals surface area contributed by atoms with Gasteiger partial charge in [0.15, 0.2) is 5.16 Å². The average molecular weight is 388 g/mol. The molecule has 142 valence electrons. The molecule has 1 atom stereocenters. The number of nitrogens with zero attached hydrogens (tertiary/aromatic N) is 2. The van der Waals surface area contributed by atoms with Crippen molar-refractivity contribution >= 4 is 34.4 Å². The molecule has 0 saturated carbocycles. The van der Waals surface area contributed by atoms with Gasteiger partial charge in [-0.15, -0.1) is 0 Å². The fourth-order valence-corrected chi connectivity index (χ4v) is 3.65. The molecule has 27 heavy (non-hydrogen) atoms. The fourth-order valence-electron chi connectivity index (χ4n) is 2.76. The van der Waals surface area contributed by atoms with Crippen molar-refractivity contribution in [2.45, 2.75) is 38.4 Å². The number of H-pyrrole nitrogens is 1. The van der Waals surface area contributed by atoms with E-state index in [9.17, 15) is 14.0 Å².